The van der Waals surface area contributed by atoms with E-state index in [2.05, 4.69) is 10.3 Å². The Morgan fingerprint density at radius 1 is 1.15 bits per heavy atom. The fourth-order valence-electron chi connectivity index (χ4n) is 2.35. The summed E-state index contributed by atoms with van der Waals surface area (Å²) in [7, 11) is 0. The van der Waals surface area contributed by atoms with E-state index in [9.17, 15) is 4.79 Å². The lowest BCUT2D eigenvalue weighted by Gasteiger charge is -2.02. The fourth-order valence-corrected chi connectivity index (χ4v) is 3.07. The molecule has 1 heterocycles. The van der Waals surface area contributed by atoms with Crippen LogP contribution in [0.1, 0.15) is 18.1 Å². The average Bonchev–Trinajstić information content (AvgIpc) is 3.10. The van der Waals surface area contributed by atoms with E-state index < -0.39 is 0 Å². The molecule has 1 aromatic heterocycles. The van der Waals surface area contributed by atoms with Gasteiger partial charge in [-0.25, -0.2) is 4.98 Å². The van der Waals surface area contributed by atoms with Crippen molar-refractivity contribution in [3.8, 4) is 17.0 Å². The van der Waals surface area contributed by atoms with Gasteiger partial charge in [0.1, 0.15) is 5.75 Å². The van der Waals surface area contributed by atoms with E-state index in [1.807, 2.05) is 67.8 Å². The van der Waals surface area contributed by atoms with E-state index in [0.29, 0.717) is 11.7 Å². The Hall–Kier alpha value is -2.92. The summed E-state index contributed by atoms with van der Waals surface area (Å²) in [4.78, 5) is 16.6. The van der Waals surface area contributed by atoms with Crippen molar-refractivity contribution in [2.45, 2.75) is 13.8 Å². The highest BCUT2D eigenvalue weighted by Crippen LogP contribution is 2.25. The average molecular weight is 364 g/mol. The molecule has 0 aliphatic carbocycles. The lowest BCUT2D eigenvalue weighted by atomic mass is 10.1. The van der Waals surface area contributed by atoms with Crippen molar-refractivity contribution in [2.24, 2.45) is 0 Å². The predicted octanol–water partition coefficient (Wildman–Crippen LogP) is 5.17. The maximum absolute atomic E-state index is 12.1. The van der Waals surface area contributed by atoms with E-state index in [0.717, 1.165) is 22.6 Å². The topological polar surface area (TPSA) is 51.2 Å². The van der Waals surface area contributed by atoms with Crippen molar-refractivity contribution in [1.82, 2.24) is 4.98 Å². The van der Waals surface area contributed by atoms with Crippen molar-refractivity contribution < 1.29 is 9.53 Å². The summed E-state index contributed by atoms with van der Waals surface area (Å²) in [6.07, 6.45) is 3.27. The van der Waals surface area contributed by atoms with Crippen molar-refractivity contribution in [3.05, 3.63) is 71.1 Å². The quantitative estimate of drug-likeness (QED) is 0.614. The molecule has 0 fully saturated rings. The Morgan fingerprint density at radius 2 is 1.88 bits per heavy atom. The Balaban J connectivity index is 1.60. The zero-order chi connectivity index (χ0) is 18.4. The predicted molar refractivity (Wildman–Crippen MR) is 108 cm³/mol. The first kappa shape index (κ1) is 17.9. The third-order valence-electron chi connectivity index (χ3n) is 3.70. The monoisotopic (exact) mass is 364 g/mol. The minimum Gasteiger partial charge on any atom is -0.494 e. The molecule has 4 nitrogen and oxygen atoms in total. The van der Waals surface area contributed by atoms with Crippen molar-refractivity contribution in [1.29, 1.82) is 0 Å². The summed E-state index contributed by atoms with van der Waals surface area (Å²) in [5.41, 5.74) is 4.04. The SMILES string of the molecule is CCOc1ccc(/C=C/C(=O)Nc2nc(-c3ccc(C)cc3)cs2)cc1. The molecule has 1 amide bonds. The molecule has 0 bridgehead atoms. The number of hydrogen-bond donors (Lipinski definition) is 1. The zero-order valence-corrected chi connectivity index (χ0v) is 15.5. The molecule has 0 spiro atoms. The van der Waals surface area contributed by atoms with Crippen LogP contribution in [0.4, 0.5) is 5.13 Å². The van der Waals surface area contributed by atoms with Gasteiger partial charge in [-0.1, -0.05) is 42.0 Å². The zero-order valence-electron chi connectivity index (χ0n) is 14.7. The van der Waals surface area contributed by atoms with Crippen molar-refractivity contribution in [3.63, 3.8) is 0 Å². The van der Waals surface area contributed by atoms with E-state index in [1.54, 1.807) is 6.08 Å². The van der Waals surface area contributed by atoms with Gasteiger partial charge in [-0.3, -0.25) is 10.1 Å². The van der Waals surface area contributed by atoms with Gasteiger partial charge in [0.05, 0.1) is 12.3 Å². The van der Waals surface area contributed by atoms with E-state index in [-0.39, 0.29) is 5.91 Å². The van der Waals surface area contributed by atoms with Crippen LogP contribution in [0.25, 0.3) is 17.3 Å². The third kappa shape index (κ3) is 4.80. The summed E-state index contributed by atoms with van der Waals surface area (Å²) >= 11 is 1.41. The maximum atomic E-state index is 12.1. The van der Waals surface area contributed by atoms with Crippen LogP contribution in [-0.4, -0.2) is 17.5 Å². The summed E-state index contributed by atoms with van der Waals surface area (Å²) in [5.74, 6) is 0.615. The van der Waals surface area contributed by atoms with E-state index >= 15 is 0 Å². The second-order valence-electron chi connectivity index (χ2n) is 5.73. The summed E-state index contributed by atoms with van der Waals surface area (Å²) < 4.78 is 5.40. The minimum absolute atomic E-state index is 0.205. The number of nitrogens with one attached hydrogen (secondary N) is 1. The molecular weight excluding hydrogens is 344 g/mol. The van der Waals surface area contributed by atoms with Crippen LogP contribution in [0.5, 0.6) is 5.75 Å². The van der Waals surface area contributed by atoms with Crippen LogP contribution in [0, 0.1) is 6.92 Å². The highest BCUT2D eigenvalue weighted by molar-refractivity contribution is 7.14. The number of amides is 1. The lowest BCUT2D eigenvalue weighted by Crippen LogP contribution is -2.07. The molecule has 0 saturated heterocycles. The van der Waals surface area contributed by atoms with Gasteiger partial charge >= 0.3 is 0 Å². The molecule has 0 radical (unpaired) electrons. The second kappa shape index (κ2) is 8.45. The Bertz CT molecular complexity index is 897. The molecule has 2 aromatic carbocycles. The van der Waals surface area contributed by atoms with Gasteiger partial charge in [-0.05, 0) is 37.6 Å². The number of carbonyl (C=O) groups excluding carboxylic acids is 1. The Morgan fingerprint density at radius 3 is 2.58 bits per heavy atom. The molecule has 26 heavy (non-hydrogen) atoms. The highest BCUT2D eigenvalue weighted by atomic mass is 32.1. The molecule has 3 rings (SSSR count). The number of hydrogen-bond acceptors (Lipinski definition) is 4. The number of anilines is 1. The van der Waals surface area contributed by atoms with Crippen molar-refractivity contribution >= 4 is 28.5 Å². The number of thiazole rings is 1. The molecule has 0 unspecified atom stereocenters. The minimum atomic E-state index is -0.205. The smallest absolute Gasteiger partial charge is 0.250 e. The molecule has 132 valence electrons. The highest BCUT2D eigenvalue weighted by Gasteiger charge is 2.06. The standard InChI is InChI=1S/C21H20N2O2S/c1-3-25-18-11-6-16(7-12-18)8-13-20(24)23-21-22-19(14-26-21)17-9-4-15(2)5-10-17/h4-14H,3H2,1-2H3,(H,22,23,24)/b13-8+. The number of ether oxygens (including phenoxy) is 1. The molecule has 0 aliphatic rings. The van der Waals surface area contributed by atoms with E-state index in [1.165, 1.54) is 23.0 Å². The van der Waals surface area contributed by atoms with Crippen LogP contribution >= 0.6 is 11.3 Å². The molecule has 5 heteroatoms. The second-order valence-corrected chi connectivity index (χ2v) is 6.59. The maximum Gasteiger partial charge on any atom is 0.250 e. The van der Waals surface area contributed by atoms with Gasteiger partial charge in [-0.2, -0.15) is 0 Å². The van der Waals surface area contributed by atoms with Crippen molar-refractivity contribution in [2.75, 3.05) is 11.9 Å². The van der Waals surface area contributed by atoms with Gasteiger partial charge in [0, 0.05) is 17.0 Å². The number of aromatic nitrogens is 1. The van der Waals surface area contributed by atoms with Crippen LogP contribution in [0.3, 0.4) is 0 Å². The number of rotatable bonds is 6. The molecule has 0 atom stereocenters. The first-order chi connectivity index (χ1) is 12.6. The molecular formula is C21H20N2O2S. The Labute approximate surface area is 157 Å². The number of benzene rings is 2. The van der Waals surface area contributed by atoms with E-state index in [4.69, 9.17) is 4.74 Å². The molecule has 3 aromatic rings. The molecule has 0 aliphatic heterocycles. The van der Waals surface area contributed by atoms with Crippen LogP contribution in [-0.2, 0) is 4.79 Å². The third-order valence-corrected chi connectivity index (χ3v) is 4.46. The number of aryl methyl sites for hydroxylation is 1. The van der Waals surface area contributed by atoms with Gasteiger partial charge in [0.2, 0.25) is 5.91 Å². The normalized spacial score (nSPS) is 10.8. The van der Waals surface area contributed by atoms with Gasteiger partial charge in [0.25, 0.3) is 0 Å². The summed E-state index contributed by atoms with van der Waals surface area (Å²) in [6, 6.07) is 15.7. The van der Waals surface area contributed by atoms with Gasteiger partial charge in [-0.15, -0.1) is 11.3 Å². The Kier molecular flexibility index (Phi) is 5.81. The first-order valence-corrected chi connectivity index (χ1v) is 9.26. The number of nitrogens with zero attached hydrogens (tertiary/aromatic N) is 1. The largest absolute Gasteiger partial charge is 0.494 e. The van der Waals surface area contributed by atoms with Gasteiger partial charge in [0.15, 0.2) is 5.13 Å². The first-order valence-electron chi connectivity index (χ1n) is 8.38. The number of carbonyl (C=O) groups is 1. The lowest BCUT2D eigenvalue weighted by molar-refractivity contribution is -0.111. The molecule has 1 N–H and O–H groups in total. The van der Waals surface area contributed by atoms with Gasteiger partial charge < -0.3 is 4.74 Å². The summed E-state index contributed by atoms with van der Waals surface area (Å²) in [6.45, 7) is 4.63. The fraction of sp³-hybridized carbons (Fsp3) is 0.143. The molecule has 0 saturated carbocycles. The van der Waals surface area contributed by atoms with Crippen LogP contribution in [0.2, 0.25) is 0 Å². The van der Waals surface area contributed by atoms with Crippen LogP contribution in [0.15, 0.2) is 60.0 Å². The summed E-state index contributed by atoms with van der Waals surface area (Å²) in [5, 5.41) is 5.33. The van der Waals surface area contributed by atoms with Crippen LogP contribution < -0.4 is 10.1 Å².